The molecule has 0 fully saturated rings. The van der Waals surface area contributed by atoms with Gasteiger partial charge in [-0.1, -0.05) is 20.8 Å². The summed E-state index contributed by atoms with van der Waals surface area (Å²) in [5.74, 6) is 0.765. The van der Waals surface area contributed by atoms with E-state index in [2.05, 4.69) is 19.2 Å². The highest BCUT2D eigenvalue weighted by atomic mass is 35.5. The van der Waals surface area contributed by atoms with Crippen LogP contribution in [-0.2, 0) is 9.53 Å². The molecule has 0 aliphatic heterocycles. The van der Waals surface area contributed by atoms with Gasteiger partial charge in [-0.2, -0.15) is 0 Å². The zero-order valence-corrected chi connectivity index (χ0v) is 9.93. The van der Waals surface area contributed by atoms with E-state index in [0.717, 1.165) is 6.61 Å². The smallest absolute Gasteiger partial charge is 0.224 e. The summed E-state index contributed by atoms with van der Waals surface area (Å²) in [6, 6.07) is 0. The molecule has 84 valence electrons. The zero-order chi connectivity index (χ0) is 11.0. The standard InChI is InChI=1S/C10H20ClNO2/c1-8(2)7-14-5-4-12-10(13)9(3)6-11/h8-9H,4-7H2,1-3H3,(H,12,13). The van der Waals surface area contributed by atoms with Crippen molar-refractivity contribution < 1.29 is 9.53 Å². The number of hydrogen-bond donors (Lipinski definition) is 1. The van der Waals surface area contributed by atoms with Gasteiger partial charge in [-0.3, -0.25) is 4.79 Å². The molecule has 1 atom stereocenters. The van der Waals surface area contributed by atoms with Gasteiger partial charge >= 0.3 is 0 Å². The fourth-order valence-electron chi connectivity index (χ4n) is 0.810. The van der Waals surface area contributed by atoms with Crippen molar-refractivity contribution in [3.63, 3.8) is 0 Å². The molecular formula is C10H20ClNO2. The number of carbonyl (C=O) groups excluding carboxylic acids is 1. The summed E-state index contributed by atoms with van der Waals surface area (Å²) in [4.78, 5) is 11.2. The third-order valence-electron chi connectivity index (χ3n) is 1.68. The normalized spacial score (nSPS) is 12.9. The number of alkyl halides is 1. The van der Waals surface area contributed by atoms with E-state index < -0.39 is 0 Å². The van der Waals surface area contributed by atoms with Crippen LogP contribution in [0.2, 0.25) is 0 Å². The van der Waals surface area contributed by atoms with Crippen LogP contribution >= 0.6 is 11.6 Å². The predicted molar refractivity (Wildman–Crippen MR) is 58.6 cm³/mol. The van der Waals surface area contributed by atoms with Gasteiger partial charge in [0.15, 0.2) is 0 Å². The summed E-state index contributed by atoms with van der Waals surface area (Å²) in [7, 11) is 0. The molecule has 0 aromatic heterocycles. The predicted octanol–water partition coefficient (Wildman–Crippen LogP) is 1.65. The molecule has 0 aliphatic carbocycles. The van der Waals surface area contributed by atoms with E-state index in [-0.39, 0.29) is 11.8 Å². The van der Waals surface area contributed by atoms with E-state index in [9.17, 15) is 4.79 Å². The monoisotopic (exact) mass is 221 g/mol. The van der Waals surface area contributed by atoms with Crippen LogP contribution in [0.25, 0.3) is 0 Å². The van der Waals surface area contributed by atoms with Crippen LogP contribution in [0.1, 0.15) is 20.8 Å². The average Bonchev–Trinajstić information content (AvgIpc) is 2.15. The molecule has 0 heterocycles. The zero-order valence-electron chi connectivity index (χ0n) is 9.18. The van der Waals surface area contributed by atoms with Crippen molar-refractivity contribution in [3.8, 4) is 0 Å². The molecule has 0 saturated heterocycles. The number of ether oxygens (including phenoxy) is 1. The van der Waals surface area contributed by atoms with Crippen molar-refractivity contribution in [2.24, 2.45) is 11.8 Å². The van der Waals surface area contributed by atoms with E-state index in [0.29, 0.717) is 24.9 Å². The number of halogens is 1. The van der Waals surface area contributed by atoms with Crippen LogP contribution in [0.5, 0.6) is 0 Å². The van der Waals surface area contributed by atoms with Crippen LogP contribution in [0.15, 0.2) is 0 Å². The van der Waals surface area contributed by atoms with Gasteiger partial charge in [-0.15, -0.1) is 11.6 Å². The summed E-state index contributed by atoms with van der Waals surface area (Å²) >= 11 is 5.54. The summed E-state index contributed by atoms with van der Waals surface area (Å²) in [5.41, 5.74) is 0. The molecule has 0 saturated carbocycles. The molecule has 3 nitrogen and oxygen atoms in total. The van der Waals surface area contributed by atoms with Gasteiger partial charge in [-0.05, 0) is 5.92 Å². The minimum Gasteiger partial charge on any atom is -0.379 e. The van der Waals surface area contributed by atoms with Gasteiger partial charge in [0.25, 0.3) is 0 Å². The summed E-state index contributed by atoms with van der Waals surface area (Å²) < 4.78 is 5.31. The lowest BCUT2D eigenvalue weighted by atomic mass is 10.2. The van der Waals surface area contributed by atoms with Crippen molar-refractivity contribution in [1.82, 2.24) is 5.32 Å². The third-order valence-corrected chi connectivity index (χ3v) is 2.14. The Hall–Kier alpha value is -0.280. The Balaban J connectivity index is 3.32. The maximum Gasteiger partial charge on any atom is 0.224 e. The van der Waals surface area contributed by atoms with Gasteiger partial charge < -0.3 is 10.1 Å². The number of rotatable bonds is 7. The Morgan fingerprint density at radius 2 is 2.07 bits per heavy atom. The van der Waals surface area contributed by atoms with Gasteiger partial charge in [0.2, 0.25) is 5.91 Å². The Kier molecular flexibility index (Phi) is 7.90. The van der Waals surface area contributed by atoms with Gasteiger partial charge in [0.1, 0.15) is 0 Å². The van der Waals surface area contributed by atoms with Crippen LogP contribution in [0.4, 0.5) is 0 Å². The molecule has 1 N–H and O–H groups in total. The largest absolute Gasteiger partial charge is 0.379 e. The average molecular weight is 222 g/mol. The first-order valence-corrected chi connectivity index (χ1v) is 5.52. The van der Waals surface area contributed by atoms with Crippen molar-refractivity contribution in [2.45, 2.75) is 20.8 Å². The Bertz CT molecular complexity index is 162. The highest BCUT2D eigenvalue weighted by molar-refractivity contribution is 6.19. The van der Waals surface area contributed by atoms with E-state index in [1.54, 1.807) is 6.92 Å². The minimum atomic E-state index is -0.123. The highest BCUT2D eigenvalue weighted by Crippen LogP contribution is 1.97. The molecule has 1 amide bonds. The Morgan fingerprint density at radius 1 is 1.43 bits per heavy atom. The lowest BCUT2D eigenvalue weighted by Gasteiger charge is -2.10. The fourth-order valence-corrected chi connectivity index (χ4v) is 0.950. The van der Waals surface area contributed by atoms with Crippen LogP contribution in [-0.4, -0.2) is 31.5 Å². The summed E-state index contributed by atoms with van der Waals surface area (Å²) in [6.07, 6.45) is 0. The molecule has 0 aliphatic rings. The molecule has 14 heavy (non-hydrogen) atoms. The highest BCUT2D eigenvalue weighted by Gasteiger charge is 2.09. The van der Waals surface area contributed by atoms with E-state index in [1.807, 2.05) is 0 Å². The van der Waals surface area contributed by atoms with Crippen molar-refractivity contribution in [1.29, 1.82) is 0 Å². The third kappa shape index (κ3) is 7.15. The minimum absolute atomic E-state index is 0.00635. The maximum absolute atomic E-state index is 11.2. The second-order valence-electron chi connectivity index (χ2n) is 3.82. The first-order chi connectivity index (χ1) is 6.57. The van der Waals surface area contributed by atoms with Gasteiger partial charge in [-0.25, -0.2) is 0 Å². The quantitative estimate of drug-likeness (QED) is 0.525. The van der Waals surface area contributed by atoms with Crippen molar-refractivity contribution >= 4 is 17.5 Å². The second kappa shape index (κ2) is 8.06. The molecule has 0 radical (unpaired) electrons. The molecule has 0 aromatic carbocycles. The number of nitrogens with one attached hydrogen (secondary N) is 1. The lowest BCUT2D eigenvalue weighted by molar-refractivity contribution is -0.124. The Labute approximate surface area is 91.2 Å². The van der Waals surface area contributed by atoms with E-state index >= 15 is 0 Å². The molecule has 0 bridgehead atoms. The van der Waals surface area contributed by atoms with E-state index in [4.69, 9.17) is 16.3 Å². The summed E-state index contributed by atoms with van der Waals surface area (Å²) in [5, 5.41) is 2.76. The molecule has 0 rings (SSSR count). The topological polar surface area (TPSA) is 38.3 Å². The second-order valence-corrected chi connectivity index (χ2v) is 4.12. The van der Waals surface area contributed by atoms with Crippen molar-refractivity contribution in [3.05, 3.63) is 0 Å². The Morgan fingerprint density at radius 3 is 2.57 bits per heavy atom. The molecule has 0 spiro atoms. The molecular weight excluding hydrogens is 202 g/mol. The van der Waals surface area contributed by atoms with E-state index in [1.165, 1.54) is 0 Å². The first kappa shape index (κ1) is 13.7. The van der Waals surface area contributed by atoms with Crippen LogP contribution in [0, 0.1) is 11.8 Å². The fraction of sp³-hybridized carbons (Fsp3) is 0.900. The number of hydrogen-bond acceptors (Lipinski definition) is 2. The molecule has 0 aromatic rings. The van der Waals surface area contributed by atoms with Crippen LogP contribution < -0.4 is 5.32 Å². The van der Waals surface area contributed by atoms with Crippen LogP contribution in [0.3, 0.4) is 0 Å². The first-order valence-electron chi connectivity index (χ1n) is 4.99. The SMILES string of the molecule is CC(C)COCCNC(=O)C(C)CCl. The van der Waals surface area contributed by atoms with Gasteiger partial charge in [0, 0.05) is 24.9 Å². The number of carbonyl (C=O) groups is 1. The maximum atomic E-state index is 11.2. The van der Waals surface area contributed by atoms with Crippen molar-refractivity contribution in [2.75, 3.05) is 25.6 Å². The summed E-state index contributed by atoms with van der Waals surface area (Å²) in [6.45, 7) is 7.85. The number of amides is 1. The molecule has 4 heteroatoms. The lowest BCUT2D eigenvalue weighted by Crippen LogP contribution is -2.32. The molecule has 1 unspecified atom stereocenters. The van der Waals surface area contributed by atoms with Gasteiger partial charge in [0.05, 0.1) is 6.61 Å².